The Balaban J connectivity index is 1.97. The first-order valence-corrected chi connectivity index (χ1v) is 5.81. The molecule has 1 saturated carbocycles. The average Bonchev–Trinajstić information content (AvgIpc) is 2.77. The van der Waals surface area contributed by atoms with E-state index in [2.05, 4.69) is 5.32 Å². The Morgan fingerprint density at radius 1 is 1.12 bits per heavy atom. The molecule has 2 atom stereocenters. The van der Waals surface area contributed by atoms with E-state index in [4.69, 9.17) is 9.47 Å². The molecule has 1 N–H and O–H groups in total. The summed E-state index contributed by atoms with van der Waals surface area (Å²) in [6, 6.07) is 8.27. The van der Waals surface area contributed by atoms with Crippen LogP contribution in [0.1, 0.15) is 19.3 Å². The van der Waals surface area contributed by atoms with Gasteiger partial charge in [0.1, 0.15) is 17.6 Å². The van der Waals surface area contributed by atoms with Crippen molar-refractivity contribution in [3.63, 3.8) is 0 Å². The first-order chi connectivity index (χ1) is 7.83. The molecule has 16 heavy (non-hydrogen) atoms. The van der Waals surface area contributed by atoms with Gasteiger partial charge in [-0.2, -0.15) is 0 Å². The molecule has 88 valence electrons. The summed E-state index contributed by atoms with van der Waals surface area (Å²) in [5, 5.41) is 3.31. The maximum Gasteiger partial charge on any atom is 0.120 e. The van der Waals surface area contributed by atoms with Gasteiger partial charge >= 0.3 is 0 Å². The van der Waals surface area contributed by atoms with E-state index >= 15 is 0 Å². The molecule has 0 aromatic heterocycles. The quantitative estimate of drug-likeness (QED) is 0.845. The van der Waals surface area contributed by atoms with E-state index in [1.165, 1.54) is 12.8 Å². The van der Waals surface area contributed by atoms with Crippen LogP contribution in [0.25, 0.3) is 0 Å². The maximum atomic E-state index is 5.96. The fraction of sp³-hybridized carbons (Fsp3) is 0.538. The number of hydrogen-bond acceptors (Lipinski definition) is 3. The zero-order valence-corrected chi connectivity index (χ0v) is 9.90. The van der Waals surface area contributed by atoms with Gasteiger partial charge in [0.2, 0.25) is 0 Å². The molecule has 0 bridgehead atoms. The van der Waals surface area contributed by atoms with E-state index in [0.717, 1.165) is 17.9 Å². The zero-order valence-electron chi connectivity index (χ0n) is 9.90. The number of likely N-dealkylation sites (N-methyl/N-ethyl adjacent to an activating group) is 1. The molecular weight excluding hydrogens is 202 g/mol. The van der Waals surface area contributed by atoms with Gasteiger partial charge in [0, 0.05) is 6.04 Å². The molecule has 1 aliphatic rings. The van der Waals surface area contributed by atoms with Gasteiger partial charge in [0.05, 0.1) is 7.11 Å². The van der Waals surface area contributed by atoms with Crippen LogP contribution in [0.3, 0.4) is 0 Å². The predicted octanol–water partition coefficient (Wildman–Crippen LogP) is 2.21. The summed E-state index contributed by atoms with van der Waals surface area (Å²) in [6.45, 7) is 0. The van der Waals surface area contributed by atoms with Crippen LogP contribution >= 0.6 is 0 Å². The van der Waals surface area contributed by atoms with Crippen LogP contribution in [0.15, 0.2) is 24.3 Å². The van der Waals surface area contributed by atoms with Gasteiger partial charge in [0.15, 0.2) is 0 Å². The molecule has 0 spiro atoms. The zero-order chi connectivity index (χ0) is 11.4. The molecule has 3 heteroatoms. The highest BCUT2D eigenvalue weighted by Crippen LogP contribution is 2.25. The largest absolute Gasteiger partial charge is 0.497 e. The summed E-state index contributed by atoms with van der Waals surface area (Å²) < 4.78 is 11.1. The Morgan fingerprint density at radius 2 is 1.81 bits per heavy atom. The number of methoxy groups -OCH3 is 1. The topological polar surface area (TPSA) is 30.5 Å². The lowest BCUT2D eigenvalue weighted by Crippen LogP contribution is -2.36. The molecule has 2 unspecified atom stereocenters. The lowest BCUT2D eigenvalue weighted by molar-refractivity contribution is 0.179. The fourth-order valence-electron chi connectivity index (χ4n) is 2.23. The van der Waals surface area contributed by atoms with Gasteiger partial charge in [-0.25, -0.2) is 0 Å². The molecule has 1 aliphatic carbocycles. The van der Waals surface area contributed by atoms with Crippen LogP contribution in [0, 0.1) is 0 Å². The van der Waals surface area contributed by atoms with E-state index in [1.807, 2.05) is 31.3 Å². The second kappa shape index (κ2) is 5.21. The lowest BCUT2D eigenvalue weighted by atomic mass is 10.2. The predicted molar refractivity (Wildman–Crippen MR) is 64.1 cm³/mol. The van der Waals surface area contributed by atoms with Gasteiger partial charge in [-0.05, 0) is 50.6 Å². The van der Waals surface area contributed by atoms with Gasteiger partial charge < -0.3 is 14.8 Å². The third kappa shape index (κ3) is 2.47. The molecule has 0 heterocycles. The van der Waals surface area contributed by atoms with Crippen molar-refractivity contribution in [1.82, 2.24) is 5.32 Å². The second-order valence-electron chi connectivity index (χ2n) is 4.16. The molecule has 1 aromatic carbocycles. The van der Waals surface area contributed by atoms with Crippen molar-refractivity contribution in [2.24, 2.45) is 0 Å². The van der Waals surface area contributed by atoms with Gasteiger partial charge in [-0.3, -0.25) is 0 Å². The first kappa shape index (κ1) is 11.3. The van der Waals surface area contributed by atoms with E-state index in [0.29, 0.717) is 12.1 Å². The van der Waals surface area contributed by atoms with E-state index < -0.39 is 0 Å². The summed E-state index contributed by atoms with van der Waals surface area (Å²) >= 11 is 0. The van der Waals surface area contributed by atoms with Crippen LogP contribution in [0.4, 0.5) is 0 Å². The summed E-state index contributed by atoms with van der Waals surface area (Å²) in [6.07, 6.45) is 3.89. The smallest absolute Gasteiger partial charge is 0.120 e. The fourth-order valence-corrected chi connectivity index (χ4v) is 2.23. The SMILES string of the molecule is CNC1CCCC1Oc1ccc(OC)cc1. The number of hydrogen-bond donors (Lipinski definition) is 1. The molecule has 0 aliphatic heterocycles. The van der Waals surface area contributed by atoms with Gasteiger partial charge in [-0.15, -0.1) is 0 Å². The molecule has 2 rings (SSSR count). The Kier molecular flexibility index (Phi) is 3.67. The number of rotatable bonds is 4. The standard InChI is InChI=1S/C13H19NO2/c1-14-12-4-3-5-13(12)16-11-8-6-10(15-2)7-9-11/h6-9,12-14H,3-5H2,1-2H3. The minimum atomic E-state index is 0.304. The van der Waals surface area contributed by atoms with Crippen LogP contribution < -0.4 is 14.8 Å². The molecule has 0 radical (unpaired) electrons. The van der Waals surface area contributed by atoms with Crippen LogP contribution in [0.5, 0.6) is 11.5 Å². The number of ether oxygens (including phenoxy) is 2. The summed E-state index contributed by atoms with van der Waals surface area (Å²) in [5.41, 5.74) is 0. The Hall–Kier alpha value is -1.22. The second-order valence-corrected chi connectivity index (χ2v) is 4.16. The molecule has 3 nitrogen and oxygen atoms in total. The summed E-state index contributed by atoms with van der Waals surface area (Å²) in [5.74, 6) is 1.79. The third-order valence-electron chi connectivity index (χ3n) is 3.17. The van der Waals surface area contributed by atoms with Crippen molar-refractivity contribution < 1.29 is 9.47 Å². The molecule has 1 aromatic rings. The summed E-state index contributed by atoms with van der Waals surface area (Å²) in [7, 11) is 3.67. The Morgan fingerprint density at radius 3 is 2.44 bits per heavy atom. The highest BCUT2D eigenvalue weighted by molar-refractivity contribution is 5.31. The van der Waals surface area contributed by atoms with Crippen LogP contribution in [-0.2, 0) is 0 Å². The number of benzene rings is 1. The third-order valence-corrected chi connectivity index (χ3v) is 3.17. The minimum absolute atomic E-state index is 0.304. The maximum absolute atomic E-state index is 5.96. The normalized spacial score (nSPS) is 24.4. The van der Waals surface area contributed by atoms with Crippen molar-refractivity contribution in [2.75, 3.05) is 14.2 Å². The number of nitrogens with one attached hydrogen (secondary N) is 1. The first-order valence-electron chi connectivity index (χ1n) is 5.81. The van der Waals surface area contributed by atoms with Crippen molar-refractivity contribution in [2.45, 2.75) is 31.4 Å². The molecule has 0 saturated heterocycles. The molecular formula is C13H19NO2. The van der Waals surface area contributed by atoms with Crippen LogP contribution in [0.2, 0.25) is 0 Å². The summed E-state index contributed by atoms with van der Waals surface area (Å²) in [4.78, 5) is 0. The molecule has 1 fully saturated rings. The molecule has 0 amide bonds. The van der Waals surface area contributed by atoms with Gasteiger partial charge in [-0.1, -0.05) is 0 Å². The Bertz CT molecular complexity index is 323. The van der Waals surface area contributed by atoms with E-state index in [9.17, 15) is 0 Å². The lowest BCUT2D eigenvalue weighted by Gasteiger charge is -2.20. The van der Waals surface area contributed by atoms with Crippen molar-refractivity contribution in [1.29, 1.82) is 0 Å². The van der Waals surface area contributed by atoms with Crippen molar-refractivity contribution in [3.05, 3.63) is 24.3 Å². The van der Waals surface area contributed by atoms with Crippen molar-refractivity contribution >= 4 is 0 Å². The van der Waals surface area contributed by atoms with Gasteiger partial charge in [0.25, 0.3) is 0 Å². The van der Waals surface area contributed by atoms with E-state index in [1.54, 1.807) is 7.11 Å². The highest BCUT2D eigenvalue weighted by atomic mass is 16.5. The van der Waals surface area contributed by atoms with E-state index in [-0.39, 0.29) is 0 Å². The monoisotopic (exact) mass is 221 g/mol. The Labute approximate surface area is 96.8 Å². The van der Waals surface area contributed by atoms with Crippen LogP contribution in [-0.4, -0.2) is 26.3 Å². The highest BCUT2D eigenvalue weighted by Gasteiger charge is 2.27. The van der Waals surface area contributed by atoms with Crippen molar-refractivity contribution in [3.8, 4) is 11.5 Å². The average molecular weight is 221 g/mol. The minimum Gasteiger partial charge on any atom is -0.497 e.